The molecule has 0 aliphatic carbocycles. The van der Waals surface area contributed by atoms with E-state index in [1.807, 2.05) is 50.4 Å². The van der Waals surface area contributed by atoms with E-state index in [4.69, 9.17) is 11.6 Å². The van der Waals surface area contributed by atoms with Gasteiger partial charge >= 0.3 is 0 Å². The van der Waals surface area contributed by atoms with E-state index in [0.717, 1.165) is 21.6 Å². The van der Waals surface area contributed by atoms with Crippen LogP contribution in [-0.2, 0) is 9.59 Å². The molecule has 0 bridgehead atoms. The zero-order chi connectivity index (χ0) is 21.6. The standard InChI is InChI=1S/C24H20ClNO3S/c1-13-4-9-18(12-15(13)3)26-20(23-14(2)10-11-30-23)19(22(28)24(26)29)21(27)16-5-7-17(25)8-6-16/h4-12,20,27H,1-3H3/b21-19-. The van der Waals surface area contributed by atoms with Crippen molar-refractivity contribution in [2.75, 3.05) is 4.90 Å². The average Bonchev–Trinajstić information content (AvgIpc) is 3.25. The van der Waals surface area contributed by atoms with Crippen LogP contribution >= 0.6 is 22.9 Å². The number of aliphatic hydroxyl groups is 1. The summed E-state index contributed by atoms with van der Waals surface area (Å²) in [5.41, 5.74) is 4.24. The van der Waals surface area contributed by atoms with Gasteiger partial charge in [-0.1, -0.05) is 17.7 Å². The molecule has 1 fully saturated rings. The molecule has 1 unspecified atom stereocenters. The fraction of sp³-hybridized carbons (Fsp3) is 0.167. The number of ketones is 1. The van der Waals surface area contributed by atoms with Gasteiger partial charge in [0.15, 0.2) is 0 Å². The molecule has 2 heterocycles. The predicted octanol–water partition coefficient (Wildman–Crippen LogP) is 5.95. The third-order valence-electron chi connectivity index (χ3n) is 5.48. The van der Waals surface area contributed by atoms with Crippen molar-refractivity contribution in [1.82, 2.24) is 0 Å². The summed E-state index contributed by atoms with van der Waals surface area (Å²) < 4.78 is 0. The first-order valence-electron chi connectivity index (χ1n) is 9.47. The van der Waals surface area contributed by atoms with Crippen LogP contribution in [0.1, 0.15) is 33.2 Å². The number of thiophene rings is 1. The lowest BCUT2D eigenvalue weighted by Gasteiger charge is -2.25. The number of nitrogens with zero attached hydrogens (tertiary/aromatic N) is 1. The van der Waals surface area contributed by atoms with Gasteiger partial charge in [0.25, 0.3) is 11.7 Å². The van der Waals surface area contributed by atoms with Crippen LogP contribution in [0.15, 0.2) is 59.5 Å². The highest BCUT2D eigenvalue weighted by molar-refractivity contribution is 7.10. The monoisotopic (exact) mass is 437 g/mol. The number of aryl methyl sites for hydroxylation is 3. The summed E-state index contributed by atoms with van der Waals surface area (Å²) in [5.74, 6) is -1.54. The molecule has 0 spiro atoms. The van der Waals surface area contributed by atoms with E-state index in [9.17, 15) is 14.7 Å². The van der Waals surface area contributed by atoms with Crippen molar-refractivity contribution >= 4 is 46.1 Å². The normalized spacial score (nSPS) is 18.3. The number of rotatable bonds is 3. The number of aliphatic hydroxyl groups excluding tert-OH is 1. The molecule has 1 amide bonds. The minimum absolute atomic E-state index is 0.0890. The molecule has 3 aromatic rings. The summed E-state index contributed by atoms with van der Waals surface area (Å²) in [6.45, 7) is 5.90. The zero-order valence-corrected chi connectivity index (χ0v) is 18.3. The first kappa shape index (κ1) is 20.4. The van der Waals surface area contributed by atoms with Crippen LogP contribution in [-0.4, -0.2) is 16.8 Å². The Labute approximate surface area is 184 Å². The lowest BCUT2D eigenvalue weighted by molar-refractivity contribution is -0.132. The van der Waals surface area contributed by atoms with Gasteiger partial charge < -0.3 is 5.11 Å². The molecular weight excluding hydrogens is 418 g/mol. The largest absolute Gasteiger partial charge is 0.507 e. The van der Waals surface area contributed by atoms with E-state index >= 15 is 0 Å². The van der Waals surface area contributed by atoms with Crippen molar-refractivity contribution in [1.29, 1.82) is 0 Å². The molecule has 1 aliphatic heterocycles. The molecule has 2 aromatic carbocycles. The maximum absolute atomic E-state index is 13.1. The second-order valence-electron chi connectivity index (χ2n) is 7.41. The molecule has 4 rings (SSSR count). The molecule has 0 radical (unpaired) electrons. The number of amides is 1. The van der Waals surface area contributed by atoms with Crippen molar-refractivity contribution in [3.63, 3.8) is 0 Å². The quantitative estimate of drug-likeness (QED) is 0.313. The van der Waals surface area contributed by atoms with Crippen LogP contribution in [0.5, 0.6) is 0 Å². The molecule has 1 N–H and O–H groups in total. The fourth-order valence-electron chi connectivity index (χ4n) is 3.65. The van der Waals surface area contributed by atoms with E-state index in [1.54, 1.807) is 24.3 Å². The second-order valence-corrected chi connectivity index (χ2v) is 8.80. The number of hydrogen-bond acceptors (Lipinski definition) is 4. The Hall–Kier alpha value is -2.89. The summed E-state index contributed by atoms with van der Waals surface area (Å²) in [7, 11) is 0. The third kappa shape index (κ3) is 3.34. The van der Waals surface area contributed by atoms with Crippen LogP contribution in [0.3, 0.4) is 0 Å². The Kier molecular flexibility index (Phi) is 5.26. The fourth-order valence-corrected chi connectivity index (χ4v) is 4.80. The Morgan fingerprint density at radius 1 is 0.967 bits per heavy atom. The van der Waals surface area contributed by atoms with Crippen molar-refractivity contribution in [2.45, 2.75) is 26.8 Å². The van der Waals surface area contributed by atoms with Gasteiger partial charge in [0.05, 0.1) is 5.57 Å². The average molecular weight is 438 g/mol. The van der Waals surface area contributed by atoms with Crippen LogP contribution in [0, 0.1) is 20.8 Å². The van der Waals surface area contributed by atoms with Crippen molar-refractivity contribution in [2.24, 2.45) is 0 Å². The van der Waals surface area contributed by atoms with Crippen LogP contribution in [0.2, 0.25) is 5.02 Å². The molecule has 1 aliphatic rings. The number of hydrogen-bond donors (Lipinski definition) is 1. The molecule has 1 atom stereocenters. The molecule has 1 aromatic heterocycles. The van der Waals surface area contributed by atoms with Gasteiger partial charge in [-0.3, -0.25) is 14.5 Å². The lowest BCUT2D eigenvalue weighted by atomic mass is 9.98. The van der Waals surface area contributed by atoms with Gasteiger partial charge in [0.1, 0.15) is 11.8 Å². The van der Waals surface area contributed by atoms with Crippen molar-refractivity contribution in [3.8, 4) is 0 Å². The highest BCUT2D eigenvalue weighted by Gasteiger charge is 2.47. The van der Waals surface area contributed by atoms with E-state index < -0.39 is 17.7 Å². The number of carbonyl (C=O) groups excluding carboxylic acids is 2. The molecule has 1 saturated heterocycles. The smallest absolute Gasteiger partial charge is 0.300 e. The number of benzene rings is 2. The van der Waals surface area contributed by atoms with Gasteiger partial charge in [-0.15, -0.1) is 11.3 Å². The van der Waals surface area contributed by atoms with E-state index in [2.05, 4.69) is 0 Å². The molecular formula is C24H20ClNO3S. The van der Waals surface area contributed by atoms with Gasteiger partial charge in [-0.25, -0.2) is 0 Å². The van der Waals surface area contributed by atoms with Gasteiger partial charge in [-0.05, 0) is 85.3 Å². The van der Waals surface area contributed by atoms with Crippen LogP contribution < -0.4 is 4.90 Å². The van der Waals surface area contributed by atoms with E-state index in [1.165, 1.54) is 16.2 Å². The first-order chi connectivity index (χ1) is 14.3. The van der Waals surface area contributed by atoms with Crippen LogP contribution in [0.25, 0.3) is 5.76 Å². The minimum atomic E-state index is -0.696. The van der Waals surface area contributed by atoms with Crippen molar-refractivity contribution < 1.29 is 14.7 Å². The molecule has 6 heteroatoms. The molecule has 152 valence electrons. The summed E-state index contributed by atoms with van der Waals surface area (Å²) in [6.07, 6.45) is 0. The molecule has 30 heavy (non-hydrogen) atoms. The minimum Gasteiger partial charge on any atom is -0.507 e. The number of anilines is 1. The lowest BCUT2D eigenvalue weighted by Crippen LogP contribution is -2.29. The van der Waals surface area contributed by atoms with Crippen molar-refractivity contribution in [3.05, 3.63) is 91.6 Å². The van der Waals surface area contributed by atoms with E-state index in [0.29, 0.717) is 16.3 Å². The number of halogens is 1. The van der Waals surface area contributed by atoms with E-state index in [-0.39, 0.29) is 11.3 Å². The highest BCUT2D eigenvalue weighted by atomic mass is 35.5. The molecule has 0 saturated carbocycles. The summed E-state index contributed by atoms with van der Waals surface area (Å²) in [4.78, 5) is 28.6. The zero-order valence-electron chi connectivity index (χ0n) is 16.8. The predicted molar refractivity (Wildman–Crippen MR) is 121 cm³/mol. The number of carbonyl (C=O) groups is 2. The highest BCUT2D eigenvalue weighted by Crippen LogP contribution is 2.45. The molecule has 4 nitrogen and oxygen atoms in total. The first-order valence-corrected chi connectivity index (χ1v) is 10.7. The topological polar surface area (TPSA) is 57.6 Å². The summed E-state index contributed by atoms with van der Waals surface area (Å²) in [5, 5.41) is 13.5. The van der Waals surface area contributed by atoms with Gasteiger partial charge in [0, 0.05) is 21.2 Å². The Morgan fingerprint density at radius 3 is 2.27 bits per heavy atom. The summed E-state index contributed by atoms with van der Waals surface area (Å²) >= 11 is 7.43. The van der Waals surface area contributed by atoms with Gasteiger partial charge in [-0.2, -0.15) is 0 Å². The summed E-state index contributed by atoms with van der Waals surface area (Å²) in [6, 6.07) is 13.5. The Balaban J connectivity index is 1.95. The Bertz CT molecular complexity index is 1190. The third-order valence-corrected chi connectivity index (χ3v) is 6.80. The SMILES string of the molecule is Cc1ccc(N2C(=O)C(=O)/C(=C(\O)c3ccc(Cl)cc3)C2c2sccc2C)cc1C. The maximum Gasteiger partial charge on any atom is 0.300 e. The van der Waals surface area contributed by atoms with Gasteiger partial charge in [0.2, 0.25) is 0 Å². The van der Waals surface area contributed by atoms with Crippen LogP contribution in [0.4, 0.5) is 5.69 Å². The second kappa shape index (κ2) is 7.74. The maximum atomic E-state index is 13.1. The Morgan fingerprint density at radius 2 is 1.67 bits per heavy atom. The number of Topliss-reactive ketones (excluding diaryl/α,β-unsaturated/α-hetero) is 1.